The van der Waals surface area contributed by atoms with Crippen LogP contribution in [0.3, 0.4) is 0 Å². The van der Waals surface area contributed by atoms with Crippen molar-refractivity contribution in [2.24, 2.45) is 0 Å². The number of hydrogen-bond acceptors (Lipinski definition) is 4. The number of likely N-dealkylation sites (tertiary alicyclic amines) is 1. The van der Waals surface area contributed by atoms with Crippen LogP contribution in [0.1, 0.15) is 45.1 Å². The number of unbranched alkanes of at least 4 members (excludes halogenated alkanes) is 1. The SMILES string of the molecule is CCCCN(C(=O)NC1CCN(Cc2ccc(Oc3ccc(NC(C)=O)cc3)cc2)CC1)c1ccc(F)cc1F.Cl. The highest BCUT2D eigenvalue weighted by molar-refractivity contribution is 5.92. The van der Waals surface area contributed by atoms with E-state index in [1.165, 1.54) is 24.0 Å². The molecule has 0 aromatic heterocycles. The molecule has 0 bridgehead atoms. The second-order valence-corrected chi connectivity index (χ2v) is 10.1. The van der Waals surface area contributed by atoms with E-state index in [1.54, 1.807) is 24.3 Å². The van der Waals surface area contributed by atoms with E-state index in [0.29, 0.717) is 18.0 Å². The number of carbonyl (C=O) groups excluding carboxylic acids is 2. The smallest absolute Gasteiger partial charge is 0.322 e. The van der Waals surface area contributed by atoms with Gasteiger partial charge in [0.2, 0.25) is 5.91 Å². The van der Waals surface area contributed by atoms with Gasteiger partial charge in [0, 0.05) is 50.9 Å². The Bertz CT molecular complexity index is 1280. The zero-order chi connectivity index (χ0) is 28.5. The first-order valence-corrected chi connectivity index (χ1v) is 13.7. The van der Waals surface area contributed by atoms with Gasteiger partial charge in [0.05, 0.1) is 5.69 Å². The molecule has 0 unspecified atom stereocenters. The highest BCUT2D eigenvalue weighted by Crippen LogP contribution is 2.25. The van der Waals surface area contributed by atoms with Crippen LogP contribution in [0.15, 0.2) is 66.7 Å². The van der Waals surface area contributed by atoms with Gasteiger partial charge < -0.3 is 15.4 Å². The molecule has 0 saturated carbocycles. The maximum atomic E-state index is 14.4. The Hall–Kier alpha value is -3.69. The number of amides is 3. The van der Waals surface area contributed by atoms with Gasteiger partial charge in [0.15, 0.2) is 0 Å². The molecule has 2 N–H and O–H groups in total. The third-order valence-corrected chi connectivity index (χ3v) is 6.84. The Morgan fingerprint density at radius 1 is 0.976 bits per heavy atom. The van der Waals surface area contributed by atoms with Crippen LogP contribution < -0.4 is 20.3 Å². The van der Waals surface area contributed by atoms with Crippen molar-refractivity contribution in [3.05, 3.63) is 83.9 Å². The Morgan fingerprint density at radius 2 is 1.61 bits per heavy atom. The highest BCUT2D eigenvalue weighted by atomic mass is 35.5. The van der Waals surface area contributed by atoms with E-state index in [4.69, 9.17) is 4.74 Å². The first-order valence-electron chi connectivity index (χ1n) is 13.7. The van der Waals surface area contributed by atoms with Gasteiger partial charge in [-0.1, -0.05) is 25.5 Å². The van der Waals surface area contributed by atoms with Gasteiger partial charge in [-0.05, 0) is 73.4 Å². The van der Waals surface area contributed by atoms with Gasteiger partial charge in [0.1, 0.15) is 23.1 Å². The van der Waals surface area contributed by atoms with Crippen molar-refractivity contribution < 1.29 is 23.1 Å². The van der Waals surface area contributed by atoms with Crippen LogP contribution in [0.4, 0.5) is 25.0 Å². The van der Waals surface area contributed by atoms with E-state index in [2.05, 4.69) is 15.5 Å². The van der Waals surface area contributed by atoms with E-state index in [0.717, 1.165) is 62.7 Å². The van der Waals surface area contributed by atoms with E-state index < -0.39 is 11.6 Å². The number of ether oxygens (including phenoxy) is 1. The Labute approximate surface area is 246 Å². The van der Waals surface area contributed by atoms with Gasteiger partial charge in [-0.15, -0.1) is 12.4 Å². The van der Waals surface area contributed by atoms with E-state index in [9.17, 15) is 18.4 Å². The lowest BCUT2D eigenvalue weighted by molar-refractivity contribution is -0.114. The molecule has 220 valence electrons. The summed E-state index contributed by atoms with van der Waals surface area (Å²) < 4.78 is 33.7. The predicted octanol–water partition coefficient (Wildman–Crippen LogP) is 7.12. The lowest BCUT2D eigenvalue weighted by Crippen LogP contribution is -2.49. The number of anilines is 2. The molecule has 3 aromatic carbocycles. The molecule has 0 spiro atoms. The first-order chi connectivity index (χ1) is 19.3. The zero-order valence-electron chi connectivity index (χ0n) is 23.4. The van der Waals surface area contributed by atoms with E-state index in [1.807, 2.05) is 31.2 Å². The van der Waals surface area contributed by atoms with Crippen LogP contribution in [-0.2, 0) is 11.3 Å². The molecule has 7 nitrogen and oxygen atoms in total. The molecule has 0 aliphatic carbocycles. The van der Waals surface area contributed by atoms with Crippen molar-refractivity contribution in [3.8, 4) is 11.5 Å². The fourth-order valence-corrected chi connectivity index (χ4v) is 4.70. The molecular weight excluding hydrogens is 550 g/mol. The van der Waals surface area contributed by atoms with Gasteiger partial charge >= 0.3 is 6.03 Å². The van der Waals surface area contributed by atoms with Crippen LogP contribution in [0.2, 0.25) is 0 Å². The van der Waals surface area contributed by atoms with Crippen LogP contribution >= 0.6 is 12.4 Å². The molecule has 0 radical (unpaired) electrons. The third kappa shape index (κ3) is 9.43. The summed E-state index contributed by atoms with van der Waals surface area (Å²) >= 11 is 0. The van der Waals surface area contributed by atoms with E-state index in [-0.39, 0.29) is 36.1 Å². The number of nitrogens with one attached hydrogen (secondary N) is 2. The summed E-state index contributed by atoms with van der Waals surface area (Å²) in [6.45, 7) is 6.27. The Balaban J connectivity index is 0.00000462. The number of piperidine rings is 1. The van der Waals surface area contributed by atoms with Crippen LogP contribution in [0.5, 0.6) is 11.5 Å². The third-order valence-electron chi connectivity index (χ3n) is 6.84. The average molecular weight is 587 g/mol. The highest BCUT2D eigenvalue weighted by Gasteiger charge is 2.25. The lowest BCUT2D eigenvalue weighted by Gasteiger charge is -2.34. The summed E-state index contributed by atoms with van der Waals surface area (Å²) in [5.74, 6) is -0.117. The van der Waals surface area contributed by atoms with Crippen molar-refractivity contribution >= 4 is 35.7 Å². The molecule has 1 aliphatic rings. The summed E-state index contributed by atoms with van der Waals surface area (Å²) in [6, 6.07) is 18.1. The predicted molar refractivity (Wildman–Crippen MR) is 160 cm³/mol. The Morgan fingerprint density at radius 3 is 2.20 bits per heavy atom. The summed E-state index contributed by atoms with van der Waals surface area (Å²) in [7, 11) is 0. The average Bonchev–Trinajstić information content (AvgIpc) is 2.93. The normalized spacial score (nSPS) is 13.7. The summed E-state index contributed by atoms with van der Waals surface area (Å²) in [5, 5.41) is 5.79. The number of nitrogens with zero attached hydrogens (tertiary/aromatic N) is 2. The fraction of sp³-hybridized carbons (Fsp3) is 0.355. The second-order valence-electron chi connectivity index (χ2n) is 10.1. The molecule has 3 amide bonds. The lowest BCUT2D eigenvalue weighted by atomic mass is 10.0. The van der Waals surface area contributed by atoms with Gasteiger partial charge in [-0.25, -0.2) is 13.6 Å². The number of halogens is 3. The topological polar surface area (TPSA) is 73.9 Å². The largest absolute Gasteiger partial charge is 0.457 e. The van der Waals surface area contributed by atoms with Crippen molar-refractivity contribution in [2.75, 3.05) is 29.9 Å². The molecule has 4 rings (SSSR count). The molecule has 10 heteroatoms. The minimum Gasteiger partial charge on any atom is -0.457 e. The van der Waals surface area contributed by atoms with Crippen LogP contribution in [-0.4, -0.2) is 42.5 Å². The van der Waals surface area contributed by atoms with Crippen molar-refractivity contribution in [3.63, 3.8) is 0 Å². The number of urea groups is 1. The first kappa shape index (κ1) is 31.8. The molecule has 1 heterocycles. The second kappa shape index (κ2) is 15.3. The number of carbonyl (C=O) groups is 2. The summed E-state index contributed by atoms with van der Waals surface area (Å²) in [6.07, 6.45) is 3.15. The van der Waals surface area contributed by atoms with Gasteiger partial charge in [0.25, 0.3) is 0 Å². The molecule has 41 heavy (non-hydrogen) atoms. The van der Waals surface area contributed by atoms with Crippen molar-refractivity contribution in [1.29, 1.82) is 0 Å². The Kier molecular flexibility index (Phi) is 11.9. The maximum Gasteiger partial charge on any atom is 0.322 e. The molecule has 1 aliphatic heterocycles. The molecule has 0 atom stereocenters. The van der Waals surface area contributed by atoms with E-state index >= 15 is 0 Å². The quantitative estimate of drug-likeness (QED) is 0.265. The number of rotatable bonds is 10. The number of benzene rings is 3. The molecular formula is C31H37ClF2N4O3. The van der Waals surface area contributed by atoms with Gasteiger partial charge in [-0.3, -0.25) is 14.6 Å². The van der Waals surface area contributed by atoms with Crippen LogP contribution in [0, 0.1) is 11.6 Å². The standard InChI is InChI=1S/C31H36F2N4O3.ClH/c1-3-4-17-37(30-14-7-24(32)20-29(30)33)31(39)35-26-15-18-36(19-16-26)21-23-5-10-27(11-6-23)40-28-12-8-25(9-13-28)34-22(2)38;/h5-14,20,26H,3-4,15-19,21H2,1-2H3,(H,34,38)(H,35,39);1H. The van der Waals surface area contributed by atoms with Crippen LogP contribution in [0.25, 0.3) is 0 Å². The minimum absolute atomic E-state index is 0. The summed E-state index contributed by atoms with van der Waals surface area (Å²) in [4.78, 5) is 27.9. The number of hydrogen-bond donors (Lipinski definition) is 2. The molecule has 1 fully saturated rings. The monoisotopic (exact) mass is 586 g/mol. The zero-order valence-corrected chi connectivity index (χ0v) is 24.2. The summed E-state index contributed by atoms with van der Waals surface area (Å²) in [5.41, 5.74) is 1.97. The maximum absolute atomic E-state index is 14.4. The molecule has 3 aromatic rings. The fourth-order valence-electron chi connectivity index (χ4n) is 4.70. The molecule has 1 saturated heterocycles. The van der Waals surface area contributed by atoms with Gasteiger partial charge in [-0.2, -0.15) is 0 Å². The van der Waals surface area contributed by atoms with Crippen molar-refractivity contribution in [2.45, 2.75) is 52.1 Å². The van der Waals surface area contributed by atoms with Crippen molar-refractivity contribution in [1.82, 2.24) is 10.2 Å². The minimum atomic E-state index is -0.739.